The number of aromatic nitrogens is 2. The van der Waals surface area contributed by atoms with Crippen molar-refractivity contribution in [3.05, 3.63) is 74.9 Å². The average molecular weight is 510 g/mol. The number of unbranched alkanes of at least 4 members (excludes halogenated alkanes) is 1. The van der Waals surface area contributed by atoms with Crippen LogP contribution in [0.3, 0.4) is 0 Å². The Balaban J connectivity index is 1.28. The number of aromatic hydroxyl groups is 1. The number of H-pyrrole nitrogens is 1. The smallest absolute Gasteiger partial charge is 0.328 e. The first-order valence-corrected chi connectivity index (χ1v) is 12.6. The molecule has 2 aromatic carbocycles. The summed E-state index contributed by atoms with van der Waals surface area (Å²) in [6, 6.07) is 13.0. The lowest BCUT2D eigenvalue weighted by atomic mass is 10.2. The van der Waals surface area contributed by atoms with Gasteiger partial charge in [-0.3, -0.25) is 19.0 Å². The number of phenols is 1. The minimum Gasteiger partial charge on any atom is -0.508 e. The summed E-state index contributed by atoms with van der Waals surface area (Å²) in [6.45, 7) is 5.00. The first-order chi connectivity index (χ1) is 17.9. The van der Waals surface area contributed by atoms with Crippen molar-refractivity contribution < 1.29 is 14.7 Å². The highest BCUT2D eigenvalue weighted by molar-refractivity contribution is 5.94. The number of carbonyl (C=O) groups excluding carboxylic acids is 2. The molecule has 0 fully saturated rings. The lowest BCUT2D eigenvalue weighted by Gasteiger charge is -2.21. The van der Waals surface area contributed by atoms with Crippen molar-refractivity contribution in [2.24, 2.45) is 0 Å². The van der Waals surface area contributed by atoms with Crippen molar-refractivity contribution in [3.63, 3.8) is 0 Å². The van der Waals surface area contributed by atoms with Crippen molar-refractivity contribution >= 4 is 22.7 Å². The van der Waals surface area contributed by atoms with Gasteiger partial charge < -0.3 is 25.6 Å². The topological polar surface area (TPSA) is 137 Å². The Labute approximate surface area is 215 Å². The van der Waals surface area contributed by atoms with E-state index in [0.29, 0.717) is 62.0 Å². The van der Waals surface area contributed by atoms with E-state index in [-0.39, 0.29) is 23.1 Å². The van der Waals surface area contributed by atoms with E-state index in [1.54, 1.807) is 48.2 Å². The fourth-order valence-corrected chi connectivity index (χ4v) is 4.06. The molecule has 198 valence electrons. The highest BCUT2D eigenvalue weighted by atomic mass is 16.3. The molecule has 3 rings (SSSR count). The van der Waals surface area contributed by atoms with Gasteiger partial charge in [0.2, 0.25) is 5.91 Å². The largest absolute Gasteiger partial charge is 0.508 e. The van der Waals surface area contributed by atoms with Crippen LogP contribution in [0, 0.1) is 0 Å². The zero-order valence-corrected chi connectivity index (χ0v) is 21.2. The molecule has 10 nitrogen and oxygen atoms in total. The Morgan fingerprint density at radius 2 is 1.62 bits per heavy atom. The highest BCUT2D eigenvalue weighted by Crippen LogP contribution is 2.09. The third-order valence-corrected chi connectivity index (χ3v) is 6.12. The van der Waals surface area contributed by atoms with E-state index in [9.17, 15) is 24.3 Å². The average Bonchev–Trinajstić information content (AvgIpc) is 2.88. The number of hydrogen-bond acceptors (Lipinski definition) is 6. The van der Waals surface area contributed by atoms with E-state index in [1.807, 2.05) is 0 Å². The molecular weight excluding hydrogens is 474 g/mol. The van der Waals surface area contributed by atoms with Crippen LogP contribution >= 0.6 is 0 Å². The maximum atomic E-state index is 12.5. The molecule has 1 aromatic heterocycles. The molecule has 1 heterocycles. The Morgan fingerprint density at radius 1 is 0.919 bits per heavy atom. The molecule has 10 heteroatoms. The third-order valence-electron chi connectivity index (χ3n) is 6.12. The van der Waals surface area contributed by atoms with Gasteiger partial charge in [-0.15, -0.1) is 0 Å². The van der Waals surface area contributed by atoms with Crippen LogP contribution in [0.25, 0.3) is 10.9 Å². The molecule has 0 aliphatic heterocycles. The number of fused-ring (bicyclic) bond motifs is 1. The van der Waals surface area contributed by atoms with Crippen LogP contribution in [0.2, 0.25) is 0 Å². The summed E-state index contributed by atoms with van der Waals surface area (Å²) in [4.78, 5) is 53.3. The fourth-order valence-electron chi connectivity index (χ4n) is 4.06. The van der Waals surface area contributed by atoms with Crippen molar-refractivity contribution in [1.82, 2.24) is 25.1 Å². The van der Waals surface area contributed by atoms with Crippen molar-refractivity contribution in [3.8, 4) is 5.75 Å². The molecule has 37 heavy (non-hydrogen) atoms. The molecular formula is C27H35N5O5. The third kappa shape index (κ3) is 8.32. The molecule has 0 saturated heterocycles. The zero-order chi connectivity index (χ0) is 26.6. The van der Waals surface area contributed by atoms with Crippen LogP contribution in [0.15, 0.2) is 58.1 Å². The summed E-state index contributed by atoms with van der Waals surface area (Å²) in [5.74, 6) is -0.0993. The maximum Gasteiger partial charge on any atom is 0.328 e. The summed E-state index contributed by atoms with van der Waals surface area (Å²) in [6.07, 6.45) is 3.03. The SMILES string of the molecule is CC(=O)N(CCCCNCCCn1c(=O)[nH]c2ccccc2c1=O)CCCNC(=O)c1ccc(O)cc1. The predicted molar refractivity (Wildman–Crippen MR) is 143 cm³/mol. The molecule has 0 bridgehead atoms. The molecule has 0 atom stereocenters. The van der Waals surface area contributed by atoms with E-state index >= 15 is 0 Å². The summed E-state index contributed by atoms with van der Waals surface area (Å²) in [7, 11) is 0. The van der Waals surface area contributed by atoms with Gasteiger partial charge in [0.05, 0.1) is 10.9 Å². The first kappa shape index (κ1) is 27.7. The number of hydrogen-bond donors (Lipinski definition) is 4. The molecule has 0 radical (unpaired) electrons. The highest BCUT2D eigenvalue weighted by Gasteiger charge is 2.10. The Hall–Kier alpha value is -3.92. The maximum absolute atomic E-state index is 12.5. The summed E-state index contributed by atoms with van der Waals surface area (Å²) in [5.41, 5.74) is 0.353. The zero-order valence-electron chi connectivity index (χ0n) is 21.2. The molecule has 3 aromatic rings. The normalized spacial score (nSPS) is 10.9. The van der Waals surface area contributed by atoms with Gasteiger partial charge >= 0.3 is 5.69 Å². The molecule has 0 aliphatic rings. The molecule has 4 N–H and O–H groups in total. The second-order valence-electron chi connectivity index (χ2n) is 8.91. The molecule has 0 unspecified atom stereocenters. The van der Waals surface area contributed by atoms with Crippen molar-refractivity contribution in [2.75, 3.05) is 32.7 Å². The van der Waals surface area contributed by atoms with Crippen molar-refractivity contribution in [2.45, 2.75) is 39.2 Å². The Bertz CT molecular complexity index is 1300. The number of phenolic OH excluding ortho intramolecular Hbond substituents is 1. The number of carbonyl (C=O) groups is 2. The second-order valence-corrected chi connectivity index (χ2v) is 8.91. The van der Waals surface area contributed by atoms with Crippen LogP contribution in [0.4, 0.5) is 0 Å². The number of rotatable bonds is 14. The number of para-hydroxylation sites is 1. The van der Waals surface area contributed by atoms with Crippen LogP contribution in [-0.2, 0) is 11.3 Å². The minimum atomic E-state index is -0.395. The standard InChI is InChI=1S/C27H35N5O5/c1-20(33)31(18-7-16-29-25(35)21-10-12-22(34)13-11-21)17-5-4-14-28-15-6-19-32-26(36)23-8-2-3-9-24(23)30-27(32)37/h2-3,8-13,28,34H,4-7,14-19H2,1H3,(H,29,35)(H,30,37). The van der Waals surface area contributed by atoms with E-state index < -0.39 is 5.69 Å². The number of benzene rings is 2. The van der Waals surface area contributed by atoms with Gasteiger partial charge in [-0.1, -0.05) is 12.1 Å². The summed E-state index contributed by atoms with van der Waals surface area (Å²) < 4.78 is 1.24. The Morgan fingerprint density at radius 3 is 2.38 bits per heavy atom. The number of nitrogens with zero attached hydrogens (tertiary/aromatic N) is 2. The monoisotopic (exact) mass is 509 g/mol. The van der Waals surface area contributed by atoms with Crippen LogP contribution in [0.1, 0.15) is 43.0 Å². The van der Waals surface area contributed by atoms with E-state index in [2.05, 4.69) is 15.6 Å². The molecule has 0 spiro atoms. The van der Waals surface area contributed by atoms with Gasteiger partial charge in [0, 0.05) is 38.7 Å². The summed E-state index contributed by atoms with van der Waals surface area (Å²) >= 11 is 0. The van der Waals surface area contributed by atoms with Crippen LogP contribution in [0.5, 0.6) is 5.75 Å². The van der Waals surface area contributed by atoms with Gasteiger partial charge in [0.25, 0.3) is 11.5 Å². The van der Waals surface area contributed by atoms with Gasteiger partial charge in [-0.05, 0) is 75.2 Å². The lowest BCUT2D eigenvalue weighted by Crippen LogP contribution is -2.36. The number of aromatic amines is 1. The van der Waals surface area contributed by atoms with Crippen LogP contribution in [-0.4, -0.2) is 64.1 Å². The number of amides is 2. The van der Waals surface area contributed by atoms with Gasteiger partial charge in [0.15, 0.2) is 0 Å². The van der Waals surface area contributed by atoms with Gasteiger partial charge in [-0.2, -0.15) is 0 Å². The van der Waals surface area contributed by atoms with Gasteiger partial charge in [-0.25, -0.2) is 4.79 Å². The van der Waals surface area contributed by atoms with E-state index in [1.165, 1.54) is 16.7 Å². The summed E-state index contributed by atoms with van der Waals surface area (Å²) in [5, 5.41) is 16.0. The van der Waals surface area contributed by atoms with Crippen LogP contribution < -0.4 is 21.9 Å². The molecule has 0 saturated carbocycles. The second kappa shape index (κ2) is 14.0. The minimum absolute atomic E-state index is 0.00358. The lowest BCUT2D eigenvalue weighted by molar-refractivity contribution is -0.129. The predicted octanol–water partition coefficient (Wildman–Crippen LogP) is 1.82. The molecule has 0 aliphatic carbocycles. The quantitative estimate of drug-likeness (QED) is 0.245. The Kier molecular flexibility index (Phi) is 10.5. The van der Waals surface area contributed by atoms with E-state index in [4.69, 9.17) is 0 Å². The number of nitrogens with one attached hydrogen (secondary N) is 3. The van der Waals surface area contributed by atoms with E-state index in [0.717, 1.165) is 19.4 Å². The molecule has 2 amide bonds. The van der Waals surface area contributed by atoms with Gasteiger partial charge in [0.1, 0.15) is 5.75 Å². The first-order valence-electron chi connectivity index (χ1n) is 12.6. The fraction of sp³-hybridized carbons (Fsp3) is 0.407. The van der Waals surface area contributed by atoms with Crippen molar-refractivity contribution in [1.29, 1.82) is 0 Å².